The second-order valence-corrected chi connectivity index (χ2v) is 23.0. The van der Waals surface area contributed by atoms with E-state index in [1.54, 1.807) is 0 Å². The van der Waals surface area contributed by atoms with Gasteiger partial charge < -0.3 is 0 Å². The fourth-order valence-corrected chi connectivity index (χ4v) is 20.0. The molecule has 0 aromatic carbocycles. The summed E-state index contributed by atoms with van der Waals surface area (Å²) in [5.41, 5.74) is 0. The zero-order chi connectivity index (χ0) is 21.9. The first kappa shape index (κ1) is 27.5. The van der Waals surface area contributed by atoms with Crippen LogP contribution in [-0.4, -0.2) is 42.8 Å². The third kappa shape index (κ3) is 8.85. The molecule has 0 unspecified atom stereocenters. The zero-order valence-electron chi connectivity index (χ0n) is 20.8. The molecule has 0 amide bonds. The average Bonchev–Trinajstić information content (AvgIpc) is 3.53. The molecule has 2 nitrogen and oxygen atoms in total. The van der Waals surface area contributed by atoms with Crippen molar-refractivity contribution in [2.45, 2.75) is 118 Å². The molecule has 172 valence electrons. The normalized spacial score (nSPS) is 23.9. The Balaban J connectivity index is 2.78. The van der Waals surface area contributed by atoms with E-state index in [0.29, 0.717) is 29.8 Å². The Morgan fingerprint density at radius 3 is 1.86 bits per heavy atom. The van der Waals surface area contributed by atoms with E-state index in [1.165, 1.54) is 58.3 Å². The van der Waals surface area contributed by atoms with Crippen LogP contribution < -0.4 is 0 Å². The third-order valence-electron chi connectivity index (χ3n) is 7.67. The molecule has 1 rings (SSSR count). The van der Waals surface area contributed by atoms with Gasteiger partial charge in [-0.3, -0.25) is 0 Å². The van der Waals surface area contributed by atoms with Gasteiger partial charge in [-0.2, -0.15) is 0 Å². The summed E-state index contributed by atoms with van der Waals surface area (Å²) in [6, 6.07) is 0. The molecule has 1 aliphatic rings. The summed E-state index contributed by atoms with van der Waals surface area (Å²) in [5.74, 6) is 1.96. The van der Waals surface area contributed by atoms with Crippen molar-refractivity contribution in [3.63, 3.8) is 0 Å². The number of methoxy groups -OCH3 is 1. The van der Waals surface area contributed by atoms with Gasteiger partial charge in [0.2, 0.25) is 0 Å². The van der Waals surface area contributed by atoms with Gasteiger partial charge in [0, 0.05) is 0 Å². The predicted octanol–water partition coefficient (Wildman–Crippen LogP) is 7.63. The number of aliphatic hydroxyl groups is 1. The van der Waals surface area contributed by atoms with E-state index in [9.17, 15) is 5.11 Å². The van der Waals surface area contributed by atoms with Gasteiger partial charge in [0.05, 0.1) is 0 Å². The molecule has 1 fully saturated rings. The van der Waals surface area contributed by atoms with Crippen LogP contribution in [0.25, 0.3) is 0 Å². The van der Waals surface area contributed by atoms with Crippen LogP contribution in [-0.2, 0) is 4.74 Å². The molecule has 0 aromatic heterocycles. The van der Waals surface area contributed by atoms with Crippen LogP contribution in [0.5, 0.6) is 0 Å². The number of hydrogen-bond acceptors (Lipinski definition) is 2. The maximum atomic E-state index is 11.1. The van der Waals surface area contributed by atoms with Gasteiger partial charge >= 0.3 is 188 Å². The van der Waals surface area contributed by atoms with E-state index >= 15 is 0 Å². The summed E-state index contributed by atoms with van der Waals surface area (Å²) in [6.45, 7) is 13.8. The summed E-state index contributed by atoms with van der Waals surface area (Å²) in [6.07, 6.45) is 13.0. The second-order valence-electron chi connectivity index (χ2n) is 9.99. The van der Waals surface area contributed by atoms with Crippen LogP contribution in [0.2, 0.25) is 13.3 Å². The summed E-state index contributed by atoms with van der Waals surface area (Å²) in [7, 11) is 1.83. The Kier molecular flexibility index (Phi) is 13.8. The maximum absolute atomic E-state index is 11.1. The molecule has 0 aromatic rings. The van der Waals surface area contributed by atoms with Gasteiger partial charge in [-0.25, -0.2) is 0 Å². The topological polar surface area (TPSA) is 29.5 Å². The van der Waals surface area contributed by atoms with E-state index in [1.807, 2.05) is 7.11 Å². The number of unbranched alkanes of at least 4 members (excludes halogenated alkanes) is 3. The first-order chi connectivity index (χ1) is 13.9. The molecular formula is C26H52O2Sn. The van der Waals surface area contributed by atoms with Crippen LogP contribution in [0.1, 0.15) is 92.9 Å². The van der Waals surface area contributed by atoms with Gasteiger partial charge in [0.25, 0.3) is 0 Å². The molecule has 0 saturated heterocycles. The van der Waals surface area contributed by atoms with Crippen molar-refractivity contribution in [3.8, 4) is 0 Å². The van der Waals surface area contributed by atoms with Crippen molar-refractivity contribution in [1.29, 1.82) is 0 Å². The van der Waals surface area contributed by atoms with Crippen LogP contribution >= 0.6 is 0 Å². The van der Waals surface area contributed by atoms with Crippen molar-refractivity contribution in [2.24, 2.45) is 23.7 Å². The predicted molar refractivity (Wildman–Crippen MR) is 131 cm³/mol. The average molecular weight is 515 g/mol. The van der Waals surface area contributed by atoms with E-state index < -0.39 is 18.4 Å². The van der Waals surface area contributed by atoms with Crippen molar-refractivity contribution in [3.05, 3.63) is 10.2 Å². The Morgan fingerprint density at radius 2 is 1.45 bits per heavy atom. The van der Waals surface area contributed by atoms with Crippen molar-refractivity contribution in [1.82, 2.24) is 0 Å². The van der Waals surface area contributed by atoms with Crippen LogP contribution in [0.15, 0.2) is 10.2 Å². The molecule has 0 spiro atoms. The Labute approximate surface area is 187 Å². The van der Waals surface area contributed by atoms with Gasteiger partial charge in [0.15, 0.2) is 0 Å². The van der Waals surface area contributed by atoms with E-state index in [4.69, 9.17) is 4.74 Å². The molecule has 0 bridgehead atoms. The quantitative estimate of drug-likeness (QED) is 0.202. The van der Waals surface area contributed by atoms with E-state index in [2.05, 4.69) is 51.7 Å². The Bertz CT molecular complexity index is 424. The number of ether oxygens (including phenoxy) is 1. The Morgan fingerprint density at radius 1 is 0.931 bits per heavy atom. The molecule has 1 aliphatic carbocycles. The number of aliphatic hydroxyl groups excluding tert-OH is 1. The van der Waals surface area contributed by atoms with Crippen molar-refractivity contribution in [2.75, 3.05) is 7.11 Å². The SMILES string of the molecule is CCC[CH2][Sn](/[CH]=C/[C@@H](C)[C@@H](O)[C@H]1C[C@H]1[C@H](C)[C@H](CC)OC)([CH2]CCC)[CH2]CCC. The third-order valence-corrected chi connectivity index (χ3v) is 21.8. The molecule has 0 radical (unpaired) electrons. The molecule has 1 saturated carbocycles. The molecule has 1 N–H and O–H groups in total. The summed E-state index contributed by atoms with van der Waals surface area (Å²) >= 11 is -2.23. The van der Waals surface area contributed by atoms with Gasteiger partial charge in [0.1, 0.15) is 0 Å². The minimum absolute atomic E-state index is 0.180. The molecule has 29 heavy (non-hydrogen) atoms. The fraction of sp³-hybridized carbons (Fsp3) is 0.923. The molecule has 3 heteroatoms. The van der Waals surface area contributed by atoms with Crippen LogP contribution in [0.3, 0.4) is 0 Å². The summed E-state index contributed by atoms with van der Waals surface area (Å²) < 4.78 is 13.0. The van der Waals surface area contributed by atoms with Gasteiger partial charge in [-0.15, -0.1) is 0 Å². The zero-order valence-corrected chi connectivity index (χ0v) is 23.6. The first-order valence-corrected chi connectivity index (χ1v) is 20.5. The van der Waals surface area contributed by atoms with Gasteiger partial charge in [-0.1, -0.05) is 0 Å². The summed E-state index contributed by atoms with van der Waals surface area (Å²) in [4.78, 5) is 0. The number of rotatable bonds is 17. The fourth-order valence-electron chi connectivity index (χ4n) is 5.33. The first-order valence-electron chi connectivity index (χ1n) is 12.8. The second kappa shape index (κ2) is 14.5. The van der Waals surface area contributed by atoms with Crippen LogP contribution in [0, 0.1) is 23.7 Å². The monoisotopic (exact) mass is 516 g/mol. The van der Waals surface area contributed by atoms with E-state index in [-0.39, 0.29) is 6.10 Å². The summed E-state index contributed by atoms with van der Waals surface area (Å²) in [5, 5.41) is 11.1. The van der Waals surface area contributed by atoms with Crippen molar-refractivity contribution >= 4 is 18.4 Å². The van der Waals surface area contributed by atoms with Crippen molar-refractivity contribution < 1.29 is 9.84 Å². The van der Waals surface area contributed by atoms with Crippen LogP contribution in [0.4, 0.5) is 0 Å². The standard InChI is InChI=1S/C14H25O2.3C4H9.Sn/c1-6-9(3)14(15)12-8-11(12)10(4)13(7-2)16-5;3*1-3-4-2;/h1,6,9-15H,7-8H2,2-5H3;3*1,3-4H2,2H3;/t9-,10+,11+,12+,13+,14-;;;;/m1..../s1. The van der Waals surface area contributed by atoms with E-state index in [0.717, 1.165) is 6.42 Å². The Hall–Kier alpha value is 0.459. The molecule has 0 aliphatic heterocycles. The van der Waals surface area contributed by atoms with Gasteiger partial charge in [-0.05, 0) is 0 Å². The molecular weight excluding hydrogens is 463 g/mol. The molecule has 6 atom stereocenters. The minimum atomic E-state index is -2.23. The molecule has 0 heterocycles. The number of hydrogen-bond donors (Lipinski definition) is 1.